The van der Waals surface area contributed by atoms with Crippen LogP contribution in [0.15, 0.2) is 55.2 Å². The predicted octanol–water partition coefficient (Wildman–Crippen LogP) is 4.39. The molecule has 0 aliphatic rings. The molecule has 30 heavy (non-hydrogen) atoms. The minimum atomic E-state index is 0.676. The summed E-state index contributed by atoms with van der Waals surface area (Å²) in [5.74, 6) is 0.676. The first-order valence-electron chi connectivity index (χ1n) is 9.29. The fourth-order valence-corrected chi connectivity index (χ4v) is 4.32. The molecule has 0 amide bonds. The highest BCUT2D eigenvalue weighted by Crippen LogP contribution is 2.33. The summed E-state index contributed by atoms with van der Waals surface area (Å²) in [7, 11) is 0. The van der Waals surface area contributed by atoms with Gasteiger partial charge in [0.25, 0.3) is 0 Å². The third-order valence-corrected chi connectivity index (χ3v) is 5.88. The van der Waals surface area contributed by atoms with Crippen LogP contribution < -0.4 is 0 Å². The number of hydrogen-bond donors (Lipinski definition) is 2. The SMILES string of the molecule is Cc1ccc(-c2nccc3[nH]c(-c4n[nH]c5cnc(-c6cnccn6)cc45)nc23)s1. The smallest absolute Gasteiger partial charge is 0.159 e. The number of hydrogen-bond acceptors (Lipinski definition) is 7. The second-order valence-corrected chi connectivity index (χ2v) is 8.12. The van der Waals surface area contributed by atoms with Gasteiger partial charge in [0.15, 0.2) is 5.82 Å². The maximum atomic E-state index is 4.85. The molecule has 0 radical (unpaired) electrons. The Kier molecular flexibility index (Phi) is 3.68. The molecule has 0 fully saturated rings. The molecule has 9 heteroatoms. The average Bonchev–Trinajstić information content (AvgIpc) is 3.51. The lowest BCUT2D eigenvalue weighted by Gasteiger charge is -1.99. The predicted molar refractivity (Wildman–Crippen MR) is 116 cm³/mol. The van der Waals surface area contributed by atoms with E-state index >= 15 is 0 Å². The first-order valence-corrected chi connectivity index (χ1v) is 10.1. The fraction of sp³-hybridized carbons (Fsp3) is 0.0476. The second kappa shape index (κ2) is 6.53. The number of H-pyrrole nitrogens is 2. The second-order valence-electron chi connectivity index (χ2n) is 6.83. The summed E-state index contributed by atoms with van der Waals surface area (Å²) < 4.78 is 0. The number of aromatic amines is 2. The molecule has 0 spiro atoms. The summed E-state index contributed by atoms with van der Waals surface area (Å²) in [6, 6.07) is 8.06. The first-order chi connectivity index (χ1) is 14.8. The Morgan fingerprint density at radius 1 is 0.867 bits per heavy atom. The Balaban J connectivity index is 1.52. The van der Waals surface area contributed by atoms with Gasteiger partial charge in [-0.25, -0.2) is 4.98 Å². The number of imidazole rings is 1. The molecular weight excluding hydrogens is 396 g/mol. The van der Waals surface area contributed by atoms with Crippen LogP contribution in [0.4, 0.5) is 0 Å². The molecular formula is C21H14N8S. The molecule has 0 aromatic carbocycles. The molecule has 6 aromatic heterocycles. The maximum absolute atomic E-state index is 4.85. The molecule has 0 bridgehead atoms. The zero-order valence-corrected chi connectivity index (χ0v) is 16.6. The molecule has 2 N–H and O–H groups in total. The molecule has 8 nitrogen and oxygen atoms in total. The number of pyridine rings is 2. The van der Waals surface area contributed by atoms with Crippen molar-refractivity contribution in [3.8, 4) is 33.5 Å². The van der Waals surface area contributed by atoms with E-state index in [0.29, 0.717) is 11.5 Å². The topological polar surface area (TPSA) is 109 Å². The summed E-state index contributed by atoms with van der Waals surface area (Å²) in [6.07, 6.45) is 8.53. The van der Waals surface area contributed by atoms with Gasteiger partial charge in [0.2, 0.25) is 0 Å². The molecule has 0 atom stereocenters. The van der Waals surface area contributed by atoms with E-state index in [1.807, 2.05) is 12.1 Å². The van der Waals surface area contributed by atoms with Crippen molar-refractivity contribution < 1.29 is 0 Å². The maximum Gasteiger partial charge on any atom is 0.159 e. The largest absolute Gasteiger partial charge is 0.336 e. The van der Waals surface area contributed by atoms with Crippen molar-refractivity contribution in [2.45, 2.75) is 6.92 Å². The van der Waals surface area contributed by atoms with Gasteiger partial charge in [0.05, 0.1) is 34.0 Å². The Hall–Kier alpha value is -3.98. The van der Waals surface area contributed by atoms with Crippen molar-refractivity contribution in [2.24, 2.45) is 0 Å². The van der Waals surface area contributed by atoms with E-state index in [0.717, 1.165) is 43.9 Å². The Morgan fingerprint density at radius 2 is 1.83 bits per heavy atom. The molecule has 6 heterocycles. The van der Waals surface area contributed by atoms with Crippen LogP contribution in [0, 0.1) is 6.92 Å². The van der Waals surface area contributed by atoms with Gasteiger partial charge in [-0.2, -0.15) is 5.10 Å². The monoisotopic (exact) mass is 410 g/mol. The molecule has 144 valence electrons. The third kappa shape index (κ3) is 2.67. The van der Waals surface area contributed by atoms with Crippen LogP contribution in [0.3, 0.4) is 0 Å². The molecule has 0 unspecified atom stereocenters. The van der Waals surface area contributed by atoms with Crippen molar-refractivity contribution in [3.05, 3.63) is 60.1 Å². The standard InChI is InChI=1S/C21H14N8S/c1-11-2-3-17(30-11)20-19-13(4-5-24-20)26-21(27-19)18-12-8-14(16-9-22-6-7-23-16)25-10-15(12)28-29-18/h2-10H,1H3,(H,26,27)(H,28,29). The van der Waals surface area contributed by atoms with E-state index in [2.05, 4.69) is 54.2 Å². The number of rotatable bonds is 3. The third-order valence-electron chi connectivity index (χ3n) is 4.87. The molecule has 0 saturated heterocycles. The van der Waals surface area contributed by atoms with Crippen molar-refractivity contribution in [2.75, 3.05) is 0 Å². The van der Waals surface area contributed by atoms with Gasteiger partial charge in [-0.1, -0.05) is 0 Å². The zero-order valence-electron chi connectivity index (χ0n) is 15.8. The van der Waals surface area contributed by atoms with Crippen molar-refractivity contribution >= 4 is 33.3 Å². The fourth-order valence-electron chi connectivity index (χ4n) is 3.46. The van der Waals surface area contributed by atoms with E-state index in [1.54, 1.807) is 42.3 Å². The molecule has 6 rings (SSSR count). The van der Waals surface area contributed by atoms with E-state index in [9.17, 15) is 0 Å². The minimum Gasteiger partial charge on any atom is -0.336 e. The van der Waals surface area contributed by atoms with Gasteiger partial charge < -0.3 is 4.98 Å². The van der Waals surface area contributed by atoms with Crippen LogP contribution in [0.1, 0.15) is 4.88 Å². The average molecular weight is 410 g/mol. The summed E-state index contributed by atoms with van der Waals surface area (Å²) in [6.45, 7) is 2.09. The highest BCUT2D eigenvalue weighted by atomic mass is 32.1. The first kappa shape index (κ1) is 16.9. The number of aryl methyl sites for hydroxylation is 1. The Labute approximate surface area is 174 Å². The summed E-state index contributed by atoms with van der Waals surface area (Å²) in [5, 5.41) is 8.44. The van der Waals surface area contributed by atoms with Crippen LogP contribution in [-0.2, 0) is 0 Å². The highest BCUT2D eigenvalue weighted by molar-refractivity contribution is 7.15. The molecule has 0 saturated carbocycles. The molecule has 0 aliphatic carbocycles. The van der Waals surface area contributed by atoms with Gasteiger partial charge in [-0.3, -0.25) is 25.0 Å². The van der Waals surface area contributed by atoms with Crippen LogP contribution >= 0.6 is 11.3 Å². The number of aromatic nitrogens is 8. The van der Waals surface area contributed by atoms with E-state index in [1.165, 1.54) is 4.88 Å². The van der Waals surface area contributed by atoms with Crippen molar-refractivity contribution in [1.82, 2.24) is 40.1 Å². The highest BCUT2D eigenvalue weighted by Gasteiger charge is 2.17. The zero-order chi connectivity index (χ0) is 20.1. The normalized spacial score (nSPS) is 11.5. The Morgan fingerprint density at radius 3 is 2.67 bits per heavy atom. The summed E-state index contributed by atoms with van der Waals surface area (Å²) in [5.41, 5.74) is 5.60. The number of nitrogens with zero attached hydrogens (tertiary/aromatic N) is 6. The van der Waals surface area contributed by atoms with Gasteiger partial charge >= 0.3 is 0 Å². The summed E-state index contributed by atoms with van der Waals surface area (Å²) >= 11 is 1.71. The van der Waals surface area contributed by atoms with Gasteiger partial charge in [0.1, 0.15) is 22.6 Å². The quantitative estimate of drug-likeness (QED) is 0.448. The number of fused-ring (bicyclic) bond motifs is 2. The van der Waals surface area contributed by atoms with E-state index < -0.39 is 0 Å². The number of thiophene rings is 1. The lowest BCUT2D eigenvalue weighted by Crippen LogP contribution is -1.88. The van der Waals surface area contributed by atoms with Crippen molar-refractivity contribution in [1.29, 1.82) is 0 Å². The molecule has 6 aromatic rings. The van der Waals surface area contributed by atoms with Gasteiger partial charge in [0, 0.05) is 28.9 Å². The lowest BCUT2D eigenvalue weighted by atomic mass is 10.2. The van der Waals surface area contributed by atoms with Crippen LogP contribution in [0.5, 0.6) is 0 Å². The lowest BCUT2D eigenvalue weighted by molar-refractivity contribution is 1.10. The summed E-state index contributed by atoms with van der Waals surface area (Å²) in [4.78, 5) is 28.1. The Bertz CT molecular complexity index is 1510. The van der Waals surface area contributed by atoms with Crippen LogP contribution in [-0.4, -0.2) is 40.1 Å². The van der Waals surface area contributed by atoms with E-state index in [4.69, 9.17) is 4.98 Å². The van der Waals surface area contributed by atoms with Crippen LogP contribution in [0.25, 0.3) is 55.4 Å². The van der Waals surface area contributed by atoms with Crippen LogP contribution in [0.2, 0.25) is 0 Å². The van der Waals surface area contributed by atoms with Gasteiger partial charge in [-0.05, 0) is 31.2 Å². The molecule has 0 aliphatic heterocycles. The minimum absolute atomic E-state index is 0.676. The van der Waals surface area contributed by atoms with E-state index in [-0.39, 0.29) is 0 Å². The number of nitrogens with one attached hydrogen (secondary N) is 2. The van der Waals surface area contributed by atoms with Gasteiger partial charge in [-0.15, -0.1) is 11.3 Å². The van der Waals surface area contributed by atoms with Crippen molar-refractivity contribution in [3.63, 3.8) is 0 Å².